The zero-order valence-corrected chi connectivity index (χ0v) is 17.5. The minimum Gasteiger partial charge on any atom is -0.372 e. The largest absolute Gasteiger partial charge is 0.372 e. The molecule has 0 unspecified atom stereocenters. The first-order valence-electron chi connectivity index (χ1n) is 10.5. The molecule has 1 aliphatic heterocycles. The Hall–Kier alpha value is -2.80. The number of hydrogen-bond donors (Lipinski definition) is 1. The lowest BCUT2D eigenvalue weighted by molar-refractivity contribution is -0.113. The van der Waals surface area contributed by atoms with Crippen molar-refractivity contribution in [3.63, 3.8) is 0 Å². The topological polar surface area (TPSA) is 67.2 Å². The van der Waals surface area contributed by atoms with Gasteiger partial charge in [-0.3, -0.25) is 14.2 Å². The predicted octanol–water partition coefficient (Wildman–Crippen LogP) is 4.06. The number of rotatable bonds is 6. The maximum absolute atomic E-state index is 12.9. The number of amides is 1. The highest BCUT2D eigenvalue weighted by atomic mass is 32.2. The molecule has 7 heteroatoms. The van der Waals surface area contributed by atoms with Crippen LogP contribution in [-0.4, -0.2) is 34.3 Å². The van der Waals surface area contributed by atoms with Gasteiger partial charge in [0, 0.05) is 30.5 Å². The smallest absolute Gasteiger partial charge is 0.262 e. The molecule has 3 aromatic rings. The van der Waals surface area contributed by atoms with Crippen LogP contribution < -0.4 is 15.8 Å². The number of anilines is 2. The van der Waals surface area contributed by atoms with Crippen molar-refractivity contribution in [1.29, 1.82) is 0 Å². The fourth-order valence-corrected chi connectivity index (χ4v) is 4.81. The number of nitrogens with one attached hydrogen (secondary N) is 1. The zero-order chi connectivity index (χ0) is 20.5. The molecule has 1 amide bonds. The van der Waals surface area contributed by atoms with Crippen LogP contribution in [0.2, 0.25) is 0 Å². The maximum atomic E-state index is 12.9. The van der Waals surface area contributed by atoms with E-state index in [9.17, 15) is 9.59 Å². The summed E-state index contributed by atoms with van der Waals surface area (Å²) in [6.45, 7) is 2.20. The van der Waals surface area contributed by atoms with Gasteiger partial charge in [-0.25, -0.2) is 4.98 Å². The van der Waals surface area contributed by atoms with Crippen molar-refractivity contribution in [1.82, 2.24) is 9.55 Å². The number of aromatic nitrogens is 2. The first kappa shape index (κ1) is 19.2. The third kappa shape index (κ3) is 3.94. The van der Waals surface area contributed by atoms with E-state index in [1.807, 2.05) is 36.4 Å². The molecule has 2 fully saturated rings. The van der Waals surface area contributed by atoms with Crippen molar-refractivity contribution in [3.8, 4) is 0 Å². The van der Waals surface area contributed by atoms with E-state index in [4.69, 9.17) is 0 Å². The second-order valence-corrected chi connectivity index (χ2v) is 8.84. The average Bonchev–Trinajstić information content (AvgIpc) is 3.45. The Morgan fingerprint density at radius 1 is 1.07 bits per heavy atom. The van der Waals surface area contributed by atoms with Gasteiger partial charge in [-0.05, 0) is 62.1 Å². The van der Waals surface area contributed by atoms with Crippen LogP contribution >= 0.6 is 11.8 Å². The number of carbonyl (C=O) groups excluding carboxylic acids is 1. The number of hydrogen-bond acceptors (Lipinski definition) is 5. The lowest BCUT2D eigenvalue weighted by Crippen LogP contribution is -2.23. The second kappa shape index (κ2) is 8.14. The van der Waals surface area contributed by atoms with E-state index < -0.39 is 0 Å². The molecule has 0 spiro atoms. The quantitative estimate of drug-likeness (QED) is 0.481. The van der Waals surface area contributed by atoms with Gasteiger partial charge in [-0.1, -0.05) is 23.9 Å². The van der Waals surface area contributed by atoms with Crippen molar-refractivity contribution in [2.24, 2.45) is 0 Å². The third-order valence-corrected chi connectivity index (χ3v) is 6.59. The van der Waals surface area contributed by atoms with Crippen LogP contribution in [0.25, 0.3) is 10.9 Å². The van der Waals surface area contributed by atoms with Crippen molar-refractivity contribution in [3.05, 3.63) is 58.9 Å². The van der Waals surface area contributed by atoms with Gasteiger partial charge in [0.25, 0.3) is 5.56 Å². The molecule has 1 aromatic heterocycles. The first-order chi connectivity index (χ1) is 14.7. The standard InChI is InChI=1S/C23H24N4O2S/c28-21(24-16-7-9-17(10-8-16)26-13-3-4-14-26)15-30-23-25-20-6-2-1-5-19(20)22(29)27(23)18-11-12-18/h1-2,5-10,18H,3-4,11-15H2,(H,24,28). The summed E-state index contributed by atoms with van der Waals surface area (Å²) in [7, 11) is 0. The Labute approximate surface area is 179 Å². The maximum Gasteiger partial charge on any atom is 0.262 e. The van der Waals surface area contributed by atoms with E-state index >= 15 is 0 Å². The fraction of sp³-hybridized carbons (Fsp3) is 0.348. The molecule has 0 radical (unpaired) electrons. The van der Waals surface area contributed by atoms with E-state index in [-0.39, 0.29) is 23.3 Å². The molecule has 154 valence electrons. The Bertz CT molecular complexity index is 1130. The number of thioether (sulfide) groups is 1. The third-order valence-electron chi connectivity index (χ3n) is 5.64. The number of benzene rings is 2. The summed E-state index contributed by atoms with van der Waals surface area (Å²) in [5.41, 5.74) is 2.66. The zero-order valence-electron chi connectivity index (χ0n) is 16.7. The van der Waals surface area contributed by atoms with Gasteiger partial charge >= 0.3 is 0 Å². The Morgan fingerprint density at radius 2 is 1.80 bits per heavy atom. The highest BCUT2D eigenvalue weighted by Gasteiger charge is 2.28. The molecule has 1 saturated heterocycles. The molecule has 0 atom stereocenters. The molecular weight excluding hydrogens is 396 g/mol. The van der Waals surface area contributed by atoms with Crippen LogP contribution in [0.15, 0.2) is 58.5 Å². The minimum absolute atomic E-state index is 0.0106. The monoisotopic (exact) mass is 420 g/mol. The highest BCUT2D eigenvalue weighted by molar-refractivity contribution is 7.99. The summed E-state index contributed by atoms with van der Waals surface area (Å²) < 4.78 is 1.77. The molecule has 1 N–H and O–H groups in total. The van der Waals surface area contributed by atoms with Crippen molar-refractivity contribution in [2.45, 2.75) is 36.9 Å². The predicted molar refractivity (Wildman–Crippen MR) is 122 cm³/mol. The lowest BCUT2D eigenvalue weighted by atomic mass is 10.2. The molecule has 5 rings (SSSR count). The van der Waals surface area contributed by atoms with E-state index in [0.717, 1.165) is 31.6 Å². The first-order valence-corrected chi connectivity index (χ1v) is 11.5. The lowest BCUT2D eigenvalue weighted by Gasteiger charge is -2.17. The summed E-state index contributed by atoms with van der Waals surface area (Å²) in [6.07, 6.45) is 4.46. The van der Waals surface area contributed by atoms with Gasteiger partial charge in [0.15, 0.2) is 5.16 Å². The molecule has 1 saturated carbocycles. The number of para-hydroxylation sites is 1. The molecule has 30 heavy (non-hydrogen) atoms. The molecule has 2 aromatic carbocycles. The van der Waals surface area contributed by atoms with Crippen molar-refractivity contribution < 1.29 is 4.79 Å². The van der Waals surface area contributed by atoms with Gasteiger partial charge in [0.05, 0.1) is 16.7 Å². The Kier molecular flexibility index (Phi) is 5.21. The minimum atomic E-state index is -0.0984. The summed E-state index contributed by atoms with van der Waals surface area (Å²) in [4.78, 5) is 32.5. The summed E-state index contributed by atoms with van der Waals surface area (Å²) >= 11 is 1.33. The van der Waals surface area contributed by atoms with Gasteiger partial charge in [-0.2, -0.15) is 0 Å². The Morgan fingerprint density at radius 3 is 2.53 bits per heavy atom. The average molecular weight is 421 g/mol. The van der Waals surface area contributed by atoms with Gasteiger partial charge in [-0.15, -0.1) is 0 Å². The normalized spacial score (nSPS) is 16.2. The van der Waals surface area contributed by atoms with E-state index in [1.165, 1.54) is 30.3 Å². The van der Waals surface area contributed by atoms with Crippen LogP contribution in [0.1, 0.15) is 31.7 Å². The molecule has 2 aliphatic rings. The highest BCUT2D eigenvalue weighted by Crippen LogP contribution is 2.36. The van der Waals surface area contributed by atoms with Gasteiger partial charge < -0.3 is 10.2 Å². The number of fused-ring (bicyclic) bond motifs is 1. The van der Waals surface area contributed by atoms with Crippen LogP contribution in [0.4, 0.5) is 11.4 Å². The Balaban J connectivity index is 1.28. The van der Waals surface area contributed by atoms with Crippen LogP contribution in [-0.2, 0) is 4.79 Å². The molecule has 1 aliphatic carbocycles. The molecule has 2 heterocycles. The van der Waals surface area contributed by atoms with Crippen molar-refractivity contribution >= 4 is 39.9 Å². The van der Waals surface area contributed by atoms with Crippen LogP contribution in [0, 0.1) is 0 Å². The summed E-state index contributed by atoms with van der Waals surface area (Å²) in [6, 6.07) is 15.6. The van der Waals surface area contributed by atoms with Gasteiger partial charge in [0.2, 0.25) is 5.91 Å². The number of nitrogens with zero attached hydrogens (tertiary/aromatic N) is 3. The summed E-state index contributed by atoms with van der Waals surface area (Å²) in [5.74, 6) is 0.115. The SMILES string of the molecule is O=C(CSc1nc2ccccc2c(=O)n1C1CC1)Nc1ccc(N2CCCC2)cc1. The van der Waals surface area contributed by atoms with Crippen LogP contribution in [0.3, 0.4) is 0 Å². The summed E-state index contributed by atoms with van der Waals surface area (Å²) in [5, 5.41) is 4.21. The van der Waals surface area contributed by atoms with E-state index in [2.05, 4.69) is 27.3 Å². The van der Waals surface area contributed by atoms with Crippen molar-refractivity contribution in [2.75, 3.05) is 29.1 Å². The second-order valence-electron chi connectivity index (χ2n) is 7.90. The number of carbonyl (C=O) groups is 1. The molecular formula is C23H24N4O2S. The fourth-order valence-electron chi connectivity index (χ4n) is 3.94. The molecule has 0 bridgehead atoms. The molecule has 6 nitrogen and oxygen atoms in total. The van der Waals surface area contributed by atoms with E-state index in [0.29, 0.717) is 16.1 Å². The van der Waals surface area contributed by atoms with Gasteiger partial charge in [0.1, 0.15) is 0 Å². The van der Waals surface area contributed by atoms with E-state index in [1.54, 1.807) is 4.57 Å². The van der Waals surface area contributed by atoms with Crippen LogP contribution in [0.5, 0.6) is 0 Å².